The molecule has 1 heterocycles. The highest BCUT2D eigenvalue weighted by atomic mass is 19.4. The summed E-state index contributed by atoms with van der Waals surface area (Å²) in [6.45, 7) is 2.56. The highest BCUT2D eigenvalue weighted by Gasteiger charge is 2.29. The summed E-state index contributed by atoms with van der Waals surface area (Å²) in [5.41, 5.74) is 9.05. The molecule has 0 radical (unpaired) electrons. The number of ether oxygens (including phenoxy) is 1. The number of halogens is 3. The van der Waals surface area contributed by atoms with Crippen LogP contribution in [0.5, 0.6) is 0 Å². The van der Waals surface area contributed by atoms with E-state index in [0.29, 0.717) is 0 Å². The molecule has 1 aromatic rings. The second-order valence-electron chi connectivity index (χ2n) is 5.06. The molecule has 3 nitrogen and oxygen atoms in total. The number of rotatable bonds is 4. The average molecular weight is 288 g/mol. The molecule has 0 amide bonds. The molecule has 0 saturated heterocycles. The van der Waals surface area contributed by atoms with E-state index in [1.807, 2.05) is 24.0 Å². The molecular weight excluding hydrogens is 269 g/mol. The first kappa shape index (κ1) is 15.1. The molecule has 0 spiro atoms. The van der Waals surface area contributed by atoms with Crippen LogP contribution in [0.25, 0.3) is 0 Å². The number of alkyl halides is 3. The summed E-state index contributed by atoms with van der Waals surface area (Å²) in [7, 11) is 0. The maximum absolute atomic E-state index is 12.0. The fourth-order valence-electron chi connectivity index (χ4n) is 2.48. The predicted octanol–water partition coefficient (Wildman–Crippen LogP) is 3.00. The lowest BCUT2D eigenvalue weighted by atomic mass is 9.97. The molecule has 112 valence electrons. The predicted molar refractivity (Wildman–Crippen MR) is 71.6 cm³/mol. The molecule has 0 saturated carbocycles. The minimum absolute atomic E-state index is 0.0377. The van der Waals surface area contributed by atoms with Crippen molar-refractivity contribution in [2.75, 3.05) is 24.6 Å². The van der Waals surface area contributed by atoms with Gasteiger partial charge in [0.05, 0.1) is 6.61 Å². The van der Waals surface area contributed by atoms with Crippen LogP contribution in [0.15, 0.2) is 18.2 Å². The number of nitrogens with zero attached hydrogens (tertiary/aromatic N) is 1. The SMILES string of the molecule is CC(N)c1ccc2c(c1)CCCN2CCOC(F)(F)F. The van der Waals surface area contributed by atoms with E-state index in [1.165, 1.54) is 0 Å². The van der Waals surface area contributed by atoms with Gasteiger partial charge in [-0.1, -0.05) is 12.1 Å². The van der Waals surface area contributed by atoms with E-state index in [2.05, 4.69) is 10.8 Å². The Hall–Kier alpha value is -1.27. The summed E-state index contributed by atoms with van der Waals surface area (Å²) >= 11 is 0. The number of fused-ring (bicyclic) bond motifs is 1. The summed E-state index contributed by atoms with van der Waals surface area (Å²) < 4.78 is 39.8. The quantitative estimate of drug-likeness (QED) is 0.925. The van der Waals surface area contributed by atoms with Crippen LogP contribution in [0.2, 0.25) is 0 Å². The maximum atomic E-state index is 12.0. The van der Waals surface area contributed by atoms with Gasteiger partial charge in [0.1, 0.15) is 0 Å². The van der Waals surface area contributed by atoms with Crippen molar-refractivity contribution in [1.29, 1.82) is 0 Å². The van der Waals surface area contributed by atoms with E-state index in [4.69, 9.17) is 5.73 Å². The van der Waals surface area contributed by atoms with Crippen molar-refractivity contribution >= 4 is 5.69 Å². The first-order chi connectivity index (χ1) is 9.37. The van der Waals surface area contributed by atoms with Gasteiger partial charge in [-0.15, -0.1) is 13.2 Å². The van der Waals surface area contributed by atoms with Gasteiger partial charge in [-0.05, 0) is 37.0 Å². The van der Waals surface area contributed by atoms with Crippen molar-refractivity contribution in [1.82, 2.24) is 0 Å². The Labute approximate surface area is 116 Å². The van der Waals surface area contributed by atoms with Crippen molar-refractivity contribution in [2.24, 2.45) is 5.73 Å². The Morgan fingerprint density at radius 2 is 2.15 bits per heavy atom. The Bertz CT molecular complexity index is 460. The van der Waals surface area contributed by atoms with Gasteiger partial charge >= 0.3 is 6.36 Å². The molecular formula is C14H19F3N2O. The van der Waals surface area contributed by atoms with Crippen molar-refractivity contribution in [3.63, 3.8) is 0 Å². The number of aryl methyl sites for hydroxylation is 1. The topological polar surface area (TPSA) is 38.5 Å². The first-order valence-corrected chi connectivity index (χ1v) is 6.71. The van der Waals surface area contributed by atoms with Gasteiger partial charge in [-0.2, -0.15) is 0 Å². The molecule has 6 heteroatoms. The van der Waals surface area contributed by atoms with E-state index in [0.717, 1.165) is 36.2 Å². The average Bonchev–Trinajstić information content (AvgIpc) is 2.36. The van der Waals surface area contributed by atoms with Crippen LogP contribution < -0.4 is 10.6 Å². The van der Waals surface area contributed by atoms with E-state index in [9.17, 15) is 13.2 Å². The second kappa shape index (κ2) is 6.01. The number of hydrogen-bond donors (Lipinski definition) is 1. The van der Waals surface area contributed by atoms with Gasteiger partial charge in [0.15, 0.2) is 0 Å². The third-order valence-electron chi connectivity index (χ3n) is 3.47. The molecule has 0 bridgehead atoms. The number of hydrogen-bond acceptors (Lipinski definition) is 3. The minimum atomic E-state index is -4.56. The summed E-state index contributed by atoms with van der Waals surface area (Å²) in [5.74, 6) is 0. The first-order valence-electron chi connectivity index (χ1n) is 6.71. The standard InChI is InChI=1S/C14H19F3N2O/c1-10(18)11-4-5-13-12(9-11)3-2-6-19(13)7-8-20-14(15,16)17/h4-5,9-10H,2-3,6-8,18H2,1H3. The Morgan fingerprint density at radius 1 is 1.40 bits per heavy atom. The van der Waals surface area contributed by atoms with Crippen molar-refractivity contribution in [3.8, 4) is 0 Å². The Kier molecular flexibility index (Phi) is 4.55. The molecule has 20 heavy (non-hydrogen) atoms. The molecule has 1 aromatic carbocycles. The van der Waals surface area contributed by atoms with Gasteiger partial charge in [-0.25, -0.2) is 0 Å². The van der Waals surface area contributed by atoms with Gasteiger partial charge < -0.3 is 10.6 Å². The molecule has 2 N–H and O–H groups in total. The largest absolute Gasteiger partial charge is 0.522 e. The number of benzene rings is 1. The van der Waals surface area contributed by atoms with Crippen LogP contribution >= 0.6 is 0 Å². The van der Waals surface area contributed by atoms with Crippen LogP contribution in [0, 0.1) is 0 Å². The second-order valence-corrected chi connectivity index (χ2v) is 5.06. The van der Waals surface area contributed by atoms with Gasteiger partial charge in [-0.3, -0.25) is 4.74 Å². The van der Waals surface area contributed by atoms with E-state index >= 15 is 0 Å². The lowest BCUT2D eigenvalue weighted by molar-refractivity contribution is -0.323. The number of nitrogens with two attached hydrogens (primary N) is 1. The smallest absolute Gasteiger partial charge is 0.369 e. The van der Waals surface area contributed by atoms with Gasteiger partial charge in [0, 0.05) is 24.8 Å². The molecule has 0 aliphatic carbocycles. The number of anilines is 1. The summed E-state index contributed by atoms with van der Waals surface area (Å²) in [4.78, 5) is 1.94. The lowest BCUT2D eigenvalue weighted by Crippen LogP contribution is -2.34. The summed E-state index contributed by atoms with van der Waals surface area (Å²) in [6.07, 6.45) is -2.69. The monoisotopic (exact) mass is 288 g/mol. The van der Waals surface area contributed by atoms with Crippen LogP contribution in [0.1, 0.15) is 30.5 Å². The van der Waals surface area contributed by atoms with Crippen LogP contribution in [-0.4, -0.2) is 26.1 Å². The highest BCUT2D eigenvalue weighted by Crippen LogP contribution is 2.29. The van der Waals surface area contributed by atoms with Crippen molar-refractivity contribution < 1.29 is 17.9 Å². The molecule has 1 unspecified atom stereocenters. The third kappa shape index (κ3) is 3.86. The fraction of sp³-hybridized carbons (Fsp3) is 0.571. The highest BCUT2D eigenvalue weighted by molar-refractivity contribution is 5.57. The van der Waals surface area contributed by atoms with Gasteiger partial charge in [0.2, 0.25) is 0 Å². The zero-order valence-electron chi connectivity index (χ0n) is 11.4. The van der Waals surface area contributed by atoms with Crippen LogP contribution in [0.4, 0.5) is 18.9 Å². The molecule has 1 aliphatic rings. The summed E-state index contributed by atoms with van der Waals surface area (Å²) in [5, 5.41) is 0. The zero-order chi connectivity index (χ0) is 14.8. The molecule has 0 aromatic heterocycles. The molecule has 1 atom stereocenters. The van der Waals surface area contributed by atoms with Crippen LogP contribution in [0.3, 0.4) is 0 Å². The minimum Gasteiger partial charge on any atom is -0.369 e. The van der Waals surface area contributed by atoms with E-state index < -0.39 is 6.36 Å². The Balaban J connectivity index is 2.05. The van der Waals surface area contributed by atoms with Crippen molar-refractivity contribution in [3.05, 3.63) is 29.3 Å². The normalized spacial score (nSPS) is 16.9. The Morgan fingerprint density at radius 3 is 2.80 bits per heavy atom. The summed E-state index contributed by atoms with van der Waals surface area (Å²) in [6, 6.07) is 5.90. The lowest BCUT2D eigenvalue weighted by Gasteiger charge is -2.32. The molecule has 1 aliphatic heterocycles. The zero-order valence-corrected chi connectivity index (χ0v) is 11.4. The fourth-order valence-corrected chi connectivity index (χ4v) is 2.48. The molecule has 0 fully saturated rings. The maximum Gasteiger partial charge on any atom is 0.522 e. The van der Waals surface area contributed by atoms with E-state index in [1.54, 1.807) is 0 Å². The third-order valence-corrected chi connectivity index (χ3v) is 3.47. The van der Waals surface area contributed by atoms with E-state index in [-0.39, 0.29) is 19.2 Å². The van der Waals surface area contributed by atoms with Crippen LogP contribution in [-0.2, 0) is 11.2 Å². The molecule has 2 rings (SSSR count). The van der Waals surface area contributed by atoms with Crippen molar-refractivity contribution in [2.45, 2.75) is 32.2 Å². The van der Waals surface area contributed by atoms with Gasteiger partial charge in [0.25, 0.3) is 0 Å².